The van der Waals surface area contributed by atoms with Gasteiger partial charge in [0, 0.05) is 42.6 Å². The second-order valence-corrected chi connectivity index (χ2v) is 6.31. The lowest BCUT2D eigenvalue weighted by Crippen LogP contribution is -2.46. The summed E-state index contributed by atoms with van der Waals surface area (Å²) in [5.41, 5.74) is 1.05. The molecule has 2 N–H and O–H groups in total. The smallest absolute Gasteiger partial charge is 0.251 e. The number of piperidine rings is 1. The summed E-state index contributed by atoms with van der Waals surface area (Å²) in [6.07, 6.45) is 2.77. The van der Waals surface area contributed by atoms with Crippen molar-refractivity contribution in [3.63, 3.8) is 0 Å². The van der Waals surface area contributed by atoms with Crippen LogP contribution in [0.4, 0.5) is 10.1 Å². The van der Waals surface area contributed by atoms with Crippen LogP contribution in [-0.4, -0.2) is 47.4 Å². The summed E-state index contributed by atoms with van der Waals surface area (Å²) < 4.78 is 13.1. The fourth-order valence-electron chi connectivity index (χ4n) is 2.97. The van der Waals surface area contributed by atoms with Crippen molar-refractivity contribution in [3.8, 4) is 0 Å². The topological polar surface area (TPSA) is 74.3 Å². The number of amides is 2. The first-order valence-electron chi connectivity index (χ1n) is 8.60. The van der Waals surface area contributed by atoms with E-state index in [1.165, 1.54) is 12.3 Å². The van der Waals surface area contributed by atoms with E-state index in [1.54, 1.807) is 0 Å². The summed E-state index contributed by atoms with van der Waals surface area (Å²) in [6, 6.07) is 12.0. The molecule has 0 bridgehead atoms. The molecule has 0 unspecified atom stereocenters. The Balaban J connectivity index is 1.42. The minimum atomic E-state index is -0.670. The number of para-hydroxylation sites is 1. The highest BCUT2D eigenvalue weighted by Crippen LogP contribution is 2.12. The summed E-state index contributed by atoms with van der Waals surface area (Å²) in [7, 11) is 0. The Labute approximate surface area is 151 Å². The molecule has 0 saturated carbocycles. The molecular weight excluding hydrogens is 335 g/mol. The second kappa shape index (κ2) is 8.53. The molecule has 2 amide bonds. The molecule has 26 heavy (non-hydrogen) atoms. The van der Waals surface area contributed by atoms with Gasteiger partial charge >= 0.3 is 0 Å². The van der Waals surface area contributed by atoms with E-state index in [2.05, 4.69) is 20.5 Å². The lowest BCUT2D eigenvalue weighted by molar-refractivity contribution is -0.117. The van der Waals surface area contributed by atoms with Crippen molar-refractivity contribution in [1.29, 1.82) is 0 Å². The van der Waals surface area contributed by atoms with Gasteiger partial charge in [0.1, 0.15) is 0 Å². The van der Waals surface area contributed by atoms with E-state index in [0.29, 0.717) is 6.54 Å². The first-order chi connectivity index (χ1) is 12.6. The van der Waals surface area contributed by atoms with Crippen molar-refractivity contribution >= 4 is 17.5 Å². The number of likely N-dealkylation sites (tertiary alicyclic amines) is 1. The molecule has 1 aliphatic heterocycles. The number of carbonyl (C=O) groups is 2. The van der Waals surface area contributed by atoms with Gasteiger partial charge in [0.05, 0.1) is 6.54 Å². The molecule has 2 heterocycles. The minimum absolute atomic E-state index is 0.0205. The first kappa shape index (κ1) is 18.0. The molecule has 136 valence electrons. The maximum absolute atomic E-state index is 13.1. The number of halogens is 1. The average molecular weight is 356 g/mol. The molecule has 3 rings (SSSR count). The van der Waals surface area contributed by atoms with Crippen LogP contribution in [0.1, 0.15) is 23.2 Å². The zero-order chi connectivity index (χ0) is 18.4. The quantitative estimate of drug-likeness (QED) is 0.804. The van der Waals surface area contributed by atoms with Crippen molar-refractivity contribution in [3.05, 3.63) is 60.2 Å². The Morgan fingerprint density at radius 2 is 1.88 bits per heavy atom. The van der Waals surface area contributed by atoms with E-state index >= 15 is 0 Å². The normalized spacial score (nSPS) is 15.4. The molecule has 0 radical (unpaired) electrons. The standard InChI is InChI=1S/C19H21FN4O2/c20-17-12-14(6-9-21-17)19(26)23-16-7-10-24(11-8-16)13-18(25)22-15-4-2-1-3-5-15/h1-6,9,12,16H,7-8,10-11,13H2,(H,22,25)(H,23,26). The van der Waals surface area contributed by atoms with Gasteiger partial charge < -0.3 is 10.6 Å². The number of nitrogens with one attached hydrogen (secondary N) is 2. The first-order valence-corrected chi connectivity index (χ1v) is 8.60. The Kier molecular flexibility index (Phi) is 5.91. The number of hydrogen-bond donors (Lipinski definition) is 2. The van der Waals surface area contributed by atoms with E-state index in [0.717, 1.165) is 37.7 Å². The third kappa shape index (κ3) is 5.10. The lowest BCUT2D eigenvalue weighted by Gasteiger charge is -2.31. The zero-order valence-corrected chi connectivity index (χ0v) is 14.3. The molecule has 1 aromatic heterocycles. The molecule has 1 aliphatic rings. The molecule has 2 aromatic rings. The molecule has 1 saturated heterocycles. The van der Waals surface area contributed by atoms with E-state index in [9.17, 15) is 14.0 Å². The van der Waals surface area contributed by atoms with Crippen LogP contribution < -0.4 is 10.6 Å². The largest absolute Gasteiger partial charge is 0.349 e. The van der Waals surface area contributed by atoms with Crippen LogP contribution in [0.2, 0.25) is 0 Å². The third-order valence-corrected chi connectivity index (χ3v) is 4.34. The molecule has 7 heteroatoms. The summed E-state index contributed by atoms with van der Waals surface area (Å²) in [4.78, 5) is 29.7. The molecule has 6 nitrogen and oxygen atoms in total. The van der Waals surface area contributed by atoms with E-state index in [4.69, 9.17) is 0 Å². The van der Waals surface area contributed by atoms with Crippen LogP contribution >= 0.6 is 0 Å². The van der Waals surface area contributed by atoms with Crippen LogP contribution in [0.3, 0.4) is 0 Å². The van der Waals surface area contributed by atoms with Crippen molar-refractivity contribution in [2.75, 3.05) is 25.0 Å². The summed E-state index contributed by atoms with van der Waals surface area (Å²) in [6.45, 7) is 1.76. The third-order valence-electron chi connectivity index (χ3n) is 4.34. The van der Waals surface area contributed by atoms with Crippen molar-refractivity contribution in [1.82, 2.24) is 15.2 Å². The monoisotopic (exact) mass is 356 g/mol. The number of carbonyl (C=O) groups excluding carboxylic acids is 2. The Morgan fingerprint density at radius 3 is 2.58 bits per heavy atom. The summed E-state index contributed by atoms with van der Waals surface area (Å²) >= 11 is 0. The second-order valence-electron chi connectivity index (χ2n) is 6.31. The van der Waals surface area contributed by atoms with E-state index in [-0.39, 0.29) is 23.4 Å². The Hall–Kier alpha value is -2.80. The SMILES string of the molecule is O=C(CN1CCC(NC(=O)c2ccnc(F)c2)CC1)Nc1ccccc1. The van der Waals surface area contributed by atoms with Crippen LogP contribution in [0.25, 0.3) is 0 Å². The molecule has 0 aliphatic carbocycles. The van der Waals surface area contributed by atoms with Crippen LogP contribution in [0.15, 0.2) is 48.7 Å². The van der Waals surface area contributed by atoms with Gasteiger partial charge in [-0.15, -0.1) is 0 Å². The lowest BCUT2D eigenvalue weighted by atomic mass is 10.0. The van der Waals surface area contributed by atoms with Crippen LogP contribution in [0, 0.1) is 5.95 Å². The highest BCUT2D eigenvalue weighted by atomic mass is 19.1. The molecule has 1 fully saturated rings. The van der Waals surface area contributed by atoms with Crippen molar-refractivity contribution < 1.29 is 14.0 Å². The number of anilines is 1. The Morgan fingerprint density at radius 1 is 1.15 bits per heavy atom. The van der Waals surface area contributed by atoms with Crippen LogP contribution in [0.5, 0.6) is 0 Å². The van der Waals surface area contributed by atoms with E-state index in [1.807, 2.05) is 30.3 Å². The number of pyridine rings is 1. The van der Waals surface area contributed by atoms with Crippen molar-refractivity contribution in [2.45, 2.75) is 18.9 Å². The number of benzene rings is 1. The highest BCUT2D eigenvalue weighted by molar-refractivity contribution is 5.94. The van der Waals surface area contributed by atoms with Gasteiger partial charge in [0.2, 0.25) is 11.9 Å². The Bertz CT molecular complexity index is 761. The van der Waals surface area contributed by atoms with Crippen LogP contribution in [-0.2, 0) is 4.79 Å². The molecule has 1 aromatic carbocycles. The summed E-state index contributed by atoms with van der Waals surface area (Å²) in [5, 5.41) is 5.78. The van der Waals surface area contributed by atoms with Gasteiger partial charge in [-0.05, 0) is 31.0 Å². The number of aromatic nitrogens is 1. The van der Waals surface area contributed by atoms with Gasteiger partial charge in [-0.25, -0.2) is 4.98 Å². The molecular formula is C19H21FN4O2. The average Bonchev–Trinajstić information content (AvgIpc) is 2.64. The predicted octanol–water partition coefficient (Wildman–Crippen LogP) is 2.05. The van der Waals surface area contributed by atoms with Gasteiger partial charge in [-0.3, -0.25) is 14.5 Å². The van der Waals surface area contributed by atoms with E-state index < -0.39 is 5.95 Å². The summed E-state index contributed by atoms with van der Waals surface area (Å²) in [5.74, 6) is -1.02. The number of hydrogen-bond acceptors (Lipinski definition) is 4. The number of rotatable bonds is 5. The maximum Gasteiger partial charge on any atom is 0.251 e. The zero-order valence-electron chi connectivity index (χ0n) is 14.3. The fraction of sp³-hybridized carbons (Fsp3) is 0.316. The molecule has 0 atom stereocenters. The highest BCUT2D eigenvalue weighted by Gasteiger charge is 2.22. The van der Waals surface area contributed by atoms with Gasteiger partial charge in [-0.2, -0.15) is 4.39 Å². The van der Waals surface area contributed by atoms with Gasteiger partial charge in [0.25, 0.3) is 5.91 Å². The fourth-order valence-corrected chi connectivity index (χ4v) is 2.97. The molecule has 0 spiro atoms. The number of nitrogens with zero attached hydrogens (tertiary/aromatic N) is 2. The predicted molar refractivity (Wildman–Crippen MR) is 96.2 cm³/mol. The van der Waals surface area contributed by atoms with Gasteiger partial charge in [-0.1, -0.05) is 18.2 Å². The minimum Gasteiger partial charge on any atom is -0.349 e. The van der Waals surface area contributed by atoms with Gasteiger partial charge in [0.15, 0.2) is 0 Å². The van der Waals surface area contributed by atoms with Crippen molar-refractivity contribution in [2.24, 2.45) is 0 Å². The maximum atomic E-state index is 13.1.